The quantitative estimate of drug-likeness (QED) is 0.907. The van der Waals surface area contributed by atoms with Crippen LogP contribution in [0.25, 0.3) is 10.8 Å². The molecular weight excluding hydrogens is 238 g/mol. The van der Waals surface area contributed by atoms with E-state index in [1.54, 1.807) is 6.20 Å². The number of hydrogen-bond donors (Lipinski definition) is 1. The summed E-state index contributed by atoms with van der Waals surface area (Å²) in [5.74, 6) is 0.0331. The molecule has 1 saturated heterocycles. The molecule has 19 heavy (non-hydrogen) atoms. The van der Waals surface area contributed by atoms with Gasteiger partial charge < -0.3 is 10.2 Å². The van der Waals surface area contributed by atoms with Crippen molar-refractivity contribution in [3.63, 3.8) is 0 Å². The summed E-state index contributed by atoms with van der Waals surface area (Å²) in [6.45, 7) is 4.49. The van der Waals surface area contributed by atoms with E-state index in [2.05, 4.69) is 10.3 Å². The summed E-state index contributed by atoms with van der Waals surface area (Å²) < 4.78 is 0. The summed E-state index contributed by atoms with van der Waals surface area (Å²) >= 11 is 0. The summed E-state index contributed by atoms with van der Waals surface area (Å²) in [5.41, 5.74) is 0.562. The number of rotatable bonds is 3. The number of carbonyl (C=O) groups excluding carboxylic acids is 1. The van der Waals surface area contributed by atoms with Gasteiger partial charge in [0.05, 0.1) is 6.04 Å². The van der Waals surface area contributed by atoms with Crippen molar-refractivity contribution >= 4 is 16.7 Å². The zero-order valence-electron chi connectivity index (χ0n) is 11.0. The fourth-order valence-electron chi connectivity index (χ4n) is 2.49. The van der Waals surface area contributed by atoms with Gasteiger partial charge in [-0.15, -0.1) is 0 Å². The molecular formula is C15H17N3O. The van der Waals surface area contributed by atoms with Crippen molar-refractivity contribution in [1.29, 1.82) is 0 Å². The molecule has 1 N–H and O–H groups in total. The van der Waals surface area contributed by atoms with Crippen LogP contribution < -0.4 is 5.32 Å². The molecule has 2 heterocycles. The number of benzene rings is 1. The Morgan fingerprint density at radius 1 is 1.37 bits per heavy atom. The molecule has 3 rings (SSSR count). The molecule has 0 spiro atoms. The predicted molar refractivity (Wildman–Crippen MR) is 75.1 cm³/mol. The van der Waals surface area contributed by atoms with Gasteiger partial charge in [-0.05, 0) is 18.4 Å². The van der Waals surface area contributed by atoms with Crippen molar-refractivity contribution in [3.8, 4) is 0 Å². The molecule has 1 aromatic heterocycles. The molecule has 1 aliphatic heterocycles. The highest BCUT2D eigenvalue weighted by Crippen LogP contribution is 2.19. The minimum absolute atomic E-state index is 0.0331. The van der Waals surface area contributed by atoms with Crippen molar-refractivity contribution < 1.29 is 4.79 Å². The molecule has 1 aliphatic rings. The van der Waals surface area contributed by atoms with Gasteiger partial charge in [-0.1, -0.05) is 24.3 Å². The van der Waals surface area contributed by atoms with Crippen molar-refractivity contribution in [3.05, 3.63) is 42.2 Å². The van der Waals surface area contributed by atoms with Crippen LogP contribution >= 0.6 is 0 Å². The van der Waals surface area contributed by atoms with Crippen LogP contribution in [-0.4, -0.2) is 41.5 Å². The van der Waals surface area contributed by atoms with Crippen LogP contribution in [0, 0.1) is 0 Å². The molecule has 1 aromatic carbocycles. The highest BCUT2D eigenvalue weighted by molar-refractivity contribution is 6.05. The van der Waals surface area contributed by atoms with E-state index < -0.39 is 0 Å². The highest BCUT2D eigenvalue weighted by atomic mass is 16.2. The third kappa shape index (κ3) is 2.08. The number of aromatic nitrogens is 1. The lowest BCUT2D eigenvalue weighted by atomic mass is 10.1. The normalized spacial score (nSPS) is 15.2. The van der Waals surface area contributed by atoms with Crippen molar-refractivity contribution in [2.45, 2.75) is 13.0 Å². The summed E-state index contributed by atoms with van der Waals surface area (Å²) in [6, 6.07) is 10.1. The monoisotopic (exact) mass is 255 g/mol. The topological polar surface area (TPSA) is 45.2 Å². The number of nitrogens with one attached hydrogen (secondary N) is 1. The Morgan fingerprint density at radius 3 is 2.84 bits per heavy atom. The summed E-state index contributed by atoms with van der Waals surface area (Å²) in [7, 11) is 0. The maximum Gasteiger partial charge on any atom is 0.273 e. The standard InChI is InChI=1S/C15H17N3O/c1-2-18(12-9-16-10-12)15(19)14-13-6-4-3-5-11(13)7-8-17-14/h3-8,12,16H,2,9-10H2,1H3. The Bertz CT molecular complexity index is 602. The average Bonchev–Trinajstić information content (AvgIpc) is 2.41. The fourth-order valence-corrected chi connectivity index (χ4v) is 2.49. The molecule has 0 aliphatic carbocycles. The minimum atomic E-state index is 0.0331. The average molecular weight is 255 g/mol. The second kappa shape index (κ2) is 4.97. The van der Waals surface area contributed by atoms with E-state index in [4.69, 9.17) is 0 Å². The Labute approximate surface area is 112 Å². The summed E-state index contributed by atoms with van der Waals surface area (Å²) in [6.07, 6.45) is 1.71. The molecule has 4 nitrogen and oxygen atoms in total. The third-order valence-electron chi connectivity index (χ3n) is 3.68. The second-order valence-electron chi connectivity index (χ2n) is 4.78. The van der Waals surface area contributed by atoms with E-state index in [1.807, 2.05) is 42.2 Å². The van der Waals surface area contributed by atoms with Gasteiger partial charge in [-0.3, -0.25) is 9.78 Å². The third-order valence-corrected chi connectivity index (χ3v) is 3.68. The summed E-state index contributed by atoms with van der Waals surface area (Å²) in [4.78, 5) is 18.9. The van der Waals surface area contributed by atoms with E-state index in [-0.39, 0.29) is 5.91 Å². The first kappa shape index (κ1) is 12.1. The van der Waals surface area contributed by atoms with Gasteiger partial charge in [0.1, 0.15) is 5.69 Å². The lowest BCUT2D eigenvalue weighted by molar-refractivity contribution is 0.0626. The van der Waals surface area contributed by atoms with Crippen LogP contribution in [0.3, 0.4) is 0 Å². The largest absolute Gasteiger partial charge is 0.332 e. The maximum atomic E-state index is 12.7. The van der Waals surface area contributed by atoms with Gasteiger partial charge >= 0.3 is 0 Å². The van der Waals surface area contributed by atoms with Gasteiger partial charge in [0.15, 0.2) is 0 Å². The smallest absolute Gasteiger partial charge is 0.273 e. The first-order valence-corrected chi connectivity index (χ1v) is 6.66. The van der Waals surface area contributed by atoms with Gasteiger partial charge in [0.25, 0.3) is 5.91 Å². The highest BCUT2D eigenvalue weighted by Gasteiger charge is 2.29. The molecule has 2 aromatic rings. The molecule has 0 bridgehead atoms. The van der Waals surface area contributed by atoms with Gasteiger partial charge in [-0.25, -0.2) is 0 Å². The number of likely N-dealkylation sites (N-methyl/N-ethyl adjacent to an activating group) is 1. The second-order valence-corrected chi connectivity index (χ2v) is 4.78. The molecule has 0 unspecified atom stereocenters. The molecule has 0 radical (unpaired) electrons. The number of amides is 1. The Balaban J connectivity index is 2.00. The van der Waals surface area contributed by atoms with E-state index in [0.29, 0.717) is 11.7 Å². The first-order chi connectivity index (χ1) is 9.31. The van der Waals surface area contributed by atoms with E-state index in [9.17, 15) is 4.79 Å². The van der Waals surface area contributed by atoms with Crippen molar-refractivity contribution in [2.75, 3.05) is 19.6 Å². The van der Waals surface area contributed by atoms with Crippen LogP contribution in [0.1, 0.15) is 17.4 Å². The number of pyridine rings is 1. The molecule has 0 atom stereocenters. The van der Waals surface area contributed by atoms with Crippen LogP contribution in [0.15, 0.2) is 36.5 Å². The zero-order valence-corrected chi connectivity index (χ0v) is 11.0. The van der Waals surface area contributed by atoms with E-state index >= 15 is 0 Å². The van der Waals surface area contributed by atoms with Crippen LogP contribution in [0.5, 0.6) is 0 Å². The zero-order chi connectivity index (χ0) is 13.2. The molecule has 1 amide bonds. The fraction of sp³-hybridized carbons (Fsp3) is 0.333. The van der Waals surface area contributed by atoms with E-state index in [0.717, 1.165) is 30.4 Å². The molecule has 4 heteroatoms. The molecule has 98 valence electrons. The predicted octanol–water partition coefficient (Wildman–Crippen LogP) is 1.67. The molecule has 0 saturated carbocycles. The lowest BCUT2D eigenvalue weighted by Gasteiger charge is -2.37. The van der Waals surface area contributed by atoms with Crippen LogP contribution in [0.4, 0.5) is 0 Å². The Morgan fingerprint density at radius 2 is 2.16 bits per heavy atom. The maximum absolute atomic E-state index is 12.7. The molecule has 1 fully saturated rings. The number of fused-ring (bicyclic) bond motifs is 1. The Kier molecular flexibility index (Phi) is 3.17. The van der Waals surface area contributed by atoms with Crippen molar-refractivity contribution in [1.82, 2.24) is 15.2 Å². The van der Waals surface area contributed by atoms with Gasteiger partial charge in [-0.2, -0.15) is 0 Å². The lowest BCUT2D eigenvalue weighted by Crippen LogP contribution is -2.58. The SMILES string of the molecule is CCN(C(=O)c1nccc2ccccc12)C1CNC1. The summed E-state index contributed by atoms with van der Waals surface area (Å²) in [5, 5.41) is 5.20. The van der Waals surface area contributed by atoms with Crippen LogP contribution in [0.2, 0.25) is 0 Å². The minimum Gasteiger partial charge on any atom is -0.332 e. The number of carbonyl (C=O) groups is 1. The number of hydrogen-bond acceptors (Lipinski definition) is 3. The number of nitrogens with zero attached hydrogens (tertiary/aromatic N) is 2. The van der Waals surface area contributed by atoms with Gasteiger partial charge in [0, 0.05) is 31.2 Å². The van der Waals surface area contributed by atoms with Crippen molar-refractivity contribution in [2.24, 2.45) is 0 Å². The van der Waals surface area contributed by atoms with Gasteiger partial charge in [0.2, 0.25) is 0 Å². The van der Waals surface area contributed by atoms with E-state index in [1.165, 1.54) is 0 Å². The Hall–Kier alpha value is -1.94. The first-order valence-electron chi connectivity index (χ1n) is 6.66. The van der Waals surface area contributed by atoms with Crippen LogP contribution in [-0.2, 0) is 0 Å².